The van der Waals surface area contributed by atoms with Crippen LogP contribution in [0.2, 0.25) is 0 Å². The van der Waals surface area contributed by atoms with Crippen molar-refractivity contribution in [3.05, 3.63) is 224 Å². The van der Waals surface area contributed by atoms with Gasteiger partial charge in [0, 0.05) is 49.3 Å². The molecule has 0 N–H and O–H groups in total. The van der Waals surface area contributed by atoms with Gasteiger partial charge in [-0.25, -0.2) is 15.0 Å². The number of hydrogen-bond donors (Lipinski definition) is 0. The Bertz CT molecular complexity index is 4260. The maximum Gasteiger partial charge on any atom is 0.166 e. The fourth-order valence-corrected chi connectivity index (χ4v) is 10.3. The maximum atomic E-state index is 6.67. The van der Waals surface area contributed by atoms with Gasteiger partial charge in [0.05, 0.1) is 33.1 Å². The summed E-state index contributed by atoms with van der Waals surface area (Å²) >= 11 is 0. The van der Waals surface area contributed by atoms with Gasteiger partial charge in [-0.1, -0.05) is 164 Å². The van der Waals surface area contributed by atoms with Gasteiger partial charge >= 0.3 is 0 Å². The van der Waals surface area contributed by atoms with Crippen LogP contribution in [0.4, 0.5) is 0 Å². The van der Waals surface area contributed by atoms with Gasteiger partial charge in [0.25, 0.3) is 0 Å². The molecule has 4 heterocycles. The average Bonchev–Trinajstić information content (AvgIpc) is 4.06. The fourth-order valence-electron chi connectivity index (χ4n) is 10.3. The van der Waals surface area contributed by atoms with E-state index in [2.05, 4.69) is 215 Å². The summed E-state index contributed by atoms with van der Waals surface area (Å²) < 4.78 is 11.4. The van der Waals surface area contributed by atoms with Crippen molar-refractivity contribution in [3.63, 3.8) is 0 Å². The second-order valence-corrected chi connectivity index (χ2v) is 17.1. The van der Waals surface area contributed by atoms with Crippen LogP contribution < -0.4 is 0 Å². The first-order chi connectivity index (χ1) is 33.2. The molecule has 10 aromatic carbocycles. The first kappa shape index (κ1) is 37.3. The molecule has 0 spiro atoms. The summed E-state index contributed by atoms with van der Waals surface area (Å²) in [6.45, 7) is 0. The number of nitrogens with zero attached hydrogens (tertiary/aromatic N) is 5. The molecule has 6 heteroatoms. The highest BCUT2D eigenvalue weighted by Crippen LogP contribution is 2.45. The zero-order valence-electron chi connectivity index (χ0n) is 36.0. The predicted octanol–water partition coefficient (Wildman–Crippen LogP) is 15.8. The first-order valence-corrected chi connectivity index (χ1v) is 22.6. The van der Waals surface area contributed by atoms with Gasteiger partial charge < -0.3 is 13.6 Å². The van der Waals surface area contributed by atoms with Gasteiger partial charge in [0.1, 0.15) is 11.2 Å². The molecule has 0 saturated heterocycles. The van der Waals surface area contributed by atoms with Crippen LogP contribution in [-0.2, 0) is 0 Å². The summed E-state index contributed by atoms with van der Waals surface area (Å²) in [5.41, 5.74) is 12.8. The molecule has 67 heavy (non-hydrogen) atoms. The van der Waals surface area contributed by atoms with Crippen LogP contribution in [0.3, 0.4) is 0 Å². The lowest BCUT2D eigenvalue weighted by Crippen LogP contribution is -2.05. The number of para-hydroxylation sites is 5. The Morgan fingerprint density at radius 3 is 1.67 bits per heavy atom. The molecule has 0 radical (unpaired) electrons. The molecule has 6 nitrogen and oxygen atoms in total. The smallest absolute Gasteiger partial charge is 0.166 e. The Morgan fingerprint density at radius 2 is 0.896 bits per heavy atom. The van der Waals surface area contributed by atoms with E-state index < -0.39 is 0 Å². The molecule has 0 aliphatic carbocycles. The summed E-state index contributed by atoms with van der Waals surface area (Å²) in [5, 5.41) is 8.98. The zero-order chi connectivity index (χ0) is 44.0. The first-order valence-electron chi connectivity index (χ1n) is 22.6. The summed E-state index contributed by atoms with van der Waals surface area (Å²) in [7, 11) is 0. The number of aromatic nitrogens is 5. The van der Waals surface area contributed by atoms with Gasteiger partial charge in [-0.2, -0.15) is 0 Å². The Hall–Kier alpha value is -9.13. The van der Waals surface area contributed by atoms with E-state index in [0.29, 0.717) is 17.5 Å². The fraction of sp³-hybridized carbons (Fsp3) is 0. The maximum absolute atomic E-state index is 6.67. The second kappa shape index (κ2) is 14.7. The van der Waals surface area contributed by atoms with E-state index in [1.54, 1.807) is 0 Å². The van der Waals surface area contributed by atoms with Crippen LogP contribution in [0.15, 0.2) is 229 Å². The predicted molar refractivity (Wildman–Crippen MR) is 275 cm³/mol. The summed E-state index contributed by atoms with van der Waals surface area (Å²) in [6, 6.07) is 79.0. The molecule has 0 unspecified atom stereocenters. The molecule has 312 valence electrons. The van der Waals surface area contributed by atoms with Crippen LogP contribution in [-0.4, -0.2) is 24.1 Å². The van der Waals surface area contributed by atoms with Crippen molar-refractivity contribution < 1.29 is 4.42 Å². The number of hydrogen-bond acceptors (Lipinski definition) is 4. The van der Waals surface area contributed by atoms with Gasteiger partial charge in [-0.15, -0.1) is 0 Å². The Labute approximate surface area is 384 Å². The van der Waals surface area contributed by atoms with Crippen molar-refractivity contribution in [2.45, 2.75) is 0 Å². The van der Waals surface area contributed by atoms with Crippen molar-refractivity contribution in [3.8, 4) is 56.7 Å². The molecule has 0 aliphatic heterocycles. The molecule has 0 fully saturated rings. The minimum absolute atomic E-state index is 0.556. The molecule has 0 saturated carbocycles. The molecular formula is C61H37N5O. The summed E-state index contributed by atoms with van der Waals surface area (Å²) in [5.74, 6) is 1.71. The number of furan rings is 1. The van der Waals surface area contributed by atoms with Crippen molar-refractivity contribution in [2.24, 2.45) is 0 Å². The van der Waals surface area contributed by atoms with Crippen LogP contribution in [0.1, 0.15) is 0 Å². The molecule has 0 amide bonds. The van der Waals surface area contributed by atoms with Gasteiger partial charge in [-0.3, -0.25) is 0 Å². The van der Waals surface area contributed by atoms with Crippen LogP contribution in [0, 0.1) is 0 Å². The minimum Gasteiger partial charge on any atom is -0.456 e. The molecule has 0 bridgehead atoms. The standard InChI is InChI=1S/C61H37N5O/c1-3-16-38(17-4-1)39-30-32-40(33-31-39)59-62-60(48-26-15-25-46-44-22-9-12-27-51(44)65(57(46)48)43-20-5-2-6-21-43)64-61(63-59)49-34-35-55-56(47-24-11-14-29-54(47)67-55)58(49)66-52-28-13-10-23-45(52)50-36-41-18-7-8-19-42(41)37-53(50)66/h1-37H. The third kappa shape index (κ3) is 5.80. The van der Waals surface area contributed by atoms with Crippen molar-refractivity contribution in [2.75, 3.05) is 0 Å². The molecule has 14 rings (SSSR count). The van der Waals surface area contributed by atoms with E-state index in [4.69, 9.17) is 19.4 Å². The van der Waals surface area contributed by atoms with Crippen LogP contribution in [0.25, 0.3) is 133 Å². The number of benzene rings is 10. The van der Waals surface area contributed by atoms with Crippen molar-refractivity contribution in [1.29, 1.82) is 0 Å². The number of rotatable bonds is 6. The lowest BCUT2D eigenvalue weighted by atomic mass is 10.0. The van der Waals surface area contributed by atoms with E-state index in [0.717, 1.165) is 105 Å². The molecule has 4 aromatic heterocycles. The summed E-state index contributed by atoms with van der Waals surface area (Å²) in [6.07, 6.45) is 0. The van der Waals surface area contributed by atoms with Gasteiger partial charge in [0.2, 0.25) is 0 Å². The van der Waals surface area contributed by atoms with E-state index in [1.165, 1.54) is 10.8 Å². The van der Waals surface area contributed by atoms with Crippen molar-refractivity contribution >= 4 is 76.3 Å². The highest BCUT2D eigenvalue weighted by molar-refractivity contribution is 6.18. The molecular weight excluding hydrogens is 819 g/mol. The van der Waals surface area contributed by atoms with Crippen LogP contribution >= 0.6 is 0 Å². The molecule has 0 atom stereocenters. The van der Waals surface area contributed by atoms with E-state index >= 15 is 0 Å². The topological polar surface area (TPSA) is 61.7 Å². The quantitative estimate of drug-likeness (QED) is 0.167. The Kier molecular flexibility index (Phi) is 8.18. The highest BCUT2D eigenvalue weighted by atomic mass is 16.3. The van der Waals surface area contributed by atoms with Crippen LogP contribution in [0.5, 0.6) is 0 Å². The lowest BCUT2D eigenvalue weighted by Gasteiger charge is -2.17. The third-order valence-corrected chi connectivity index (χ3v) is 13.4. The molecule has 14 aromatic rings. The third-order valence-electron chi connectivity index (χ3n) is 13.4. The SMILES string of the molecule is c1ccc(-c2ccc(-c3nc(-c4ccc5oc6ccccc6c5c4-n4c5ccccc5c5cc6ccccc6cc54)nc(-c4cccc5c6ccccc6n(-c6ccccc6)c45)n3)cc2)cc1. The zero-order valence-corrected chi connectivity index (χ0v) is 36.0. The average molecular weight is 856 g/mol. The minimum atomic E-state index is 0.556. The molecule has 0 aliphatic rings. The second-order valence-electron chi connectivity index (χ2n) is 17.1. The Morgan fingerprint density at radius 1 is 0.328 bits per heavy atom. The van der Waals surface area contributed by atoms with E-state index in [-0.39, 0.29) is 0 Å². The van der Waals surface area contributed by atoms with Gasteiger partial charge in [-0.05, 0) is 82.6 Å². The summed E-state index contributed by atoms with van der Waals surface area (Å²) in [4.78, 5) is 16.5. The van der Waals surface area contributed by atoms with E-state index in [9.17, 15) is 0 Å². The highest BCUT2D eigenvalue weighted by Gasteiger charge is 2.26. The number of fused-ring (bicyclic) bond motifs is 10. The normalized spacial score (nSPS) is 11.9. The largest absolute Gasteiger partial charge is 0.456 e. The van der Waals surface area contributed by atoms with Gasteiger partial charge in [0.15, 0.2) is 17.5 Å². The lowest BCUT2D eigenvalue weighted by molar-refractivity contribution is 0.669. The Balaban J connectivity index is 1.11. The van der Waals surface area contributed by atoms with E-state index in [1.807, 2.05) is 18.2 Å². The van der Waals surface area contributed by atoms with Crippen molar-refractivity contribution in [1.82, 2.24) is 24.1 Å². The monoisotopic (exact) mass is 855 g/mol.